The van der Waals surface area contributed by atoms with Crippen LogP contribution in [-0.4, -0.2) is 33.7 Å². The van der Waals surface area contributed by atoms with E-state index < -0.39 is 29.2 Å². The number of carbonyl (C=O) groups excluding carboxylic acids is 1. The lowest BCUT2D eigenvalue weighted by Gasteiger charge is -2.26. The number of piperidine rings is 1. The number of aromatic nitrogens is 2. The van der Waals surface area contributed by atoms with Crippen molar-refractivity contribution in [2.45, 2.75) is 32.0 Å². The molecule has 168 valence electrons. The Kier molecular flexibility index (Phi) is 6.27. The average Bonchev–Trinajstić information content (AvgIpc) is 3.21. The fourth-order valence-electron chi connectivity index (χ4n) is 3.92. The number of anilines is 1. The van der Waals surface area contributed by atoms with Crippen LogP contribution in [-0.2, 0) is 12.7 Å². The van der Waals surface area contributed by atoms with Crippen molar-refractivity contribution in [1.29, 1.82) is 0 Å². The molecule has 0 atom stereocenters. The molecule has 1 aromatic heterocycles. The molecule has 1 amide bonds. The zero-order valence-corrected chi connectivity index (χ0v) is 17.2. The molecule has 0 bridgehead atoms. The summed E-state index contributed by atoms with van der Waals surface area (Å²) in [7, 11) is 0. The molecule has 4 rings (SSSR count). The van der Waals surface area contributed by atoms with E-state index in [1.54, 1.807) is 18.2 Å². The molecule has 0 unspecified atom stereocenters. The first kappa shape index (κ1) is 22.0. The van der Waals surface area contributed by atoms with Gasteiger partial charge in [0.15, 0.2) is 5.69 Å². The molecule has 3 aromatic rings. The summed E-state index contributed by atoms with van der Waals surface area (Å²) in [5.74, 6) is -1.84. The summed E-state index contributed by atoms with van der Waals surface area (Å²) in [4.78, 5) is 15.1. The highest BCUT2D eigenvalue weighted by molar-refractivity contribution is 6.05. The van der Waals surface area contributed by atoms with Crippen molar-refractivity contribution in [1.82, 2.24) is 14.7 Å². The van der Waals surface area contributed by atoms with Crippen molar-refractivity contribution in [3.8, 4) is 5.69 Å². The largest absolute Gasteiger partial charge is 0.434 e. The van der Waals surface area contributed by atoms with Gasteiger partial charge in [0.2, 0.25) is 0 Å². The van der Waals surface area contributed by atoms with Gasteiger partial charge in [-0.05, 0) is 55.8 Å². The molecule has 0 radical (unpaired) electrons. The first-order valence-electron chi connectivity index (χ1n) is 10.4. The molecular formula is C23H22F4N4O. The predicted molar refractivity (Wildman–Crippen MR) is 112 cm³/mol. The average molecular weight is 446 g/mol. The second kappa shape index (κ2) is 9.12. The molecule has 9 heteroatoms. The number of nitrogens with one attached hydrogen (secondary N) is 1. The summed E-state index contributed by atoms with van der Waals surface area (Å²) in [5, 5.41) is 6.18. The van der Waals surface area contributed by atoms with Gasteiger partial charge in [-0.2, -0.15) is 18.3 Å². The molecule has 1 N–H and O–H groups in total. The van der Waals surface area contributed by atoms with Gasteiger partial charge in [-0.3, -0.25) is 9.69 Å². The maximum absolute atomic E-state index is 14.1. The van der Waals surface area contributed by atoms with E-state index in [0.717, 1.165) is 43.8 Å². The van der Waals surface area contributed by atoms with Gasteiger partial charge < -0.3 is 5.32 Å². The van der Waals surface area contributed by atoms with Gasteiger partial charge in [-0.25, -0.2) is 9.07 Å². The molecule has 5 nitrogen and oxygen atoms in total. The topological polar surface area (TPSA) is 50.2 Å². The molecule has 1 fully saturated rings. The molecule has 32 heavy (non-hydrogen) atoms. The van der Waals surface area contributed by atoms with E-state index in [1.165, 1.54) is 24.6 Å². The number of carbonyl (C=O) groups is 1. The van der Waals surface area contributed by atoms with Crippen molar-refractivity contribution in [2.24, 2.45) is 0 Å². The van der Waals surface area contributed by atoms with Gasteiger partial charge in [0, 0.05) is 12.2 Å². The number of rotatable bonds is 5. The smallest absolute Gasteiger partial charge is 0.322 e. The Morgan fingerprint density at radius 3 is 2.50 bits per heavy atom. The standard InChI is InChI=1S/C23H22F4N4O/c24-19-9-2-3-10-20(19)31-21(23(25,26)27)18(14-28-31)22(32)29-17-8-6-7-16(13-17)15-30-11-4-1-5-12-30/h2-3,6-10,13-14H,1,4-5,11-12,15H2,(H,29,32). The maximum Gasteiger partial charge on any atom is 0.434 e. The monoisotopic (exact) mass is 446 g/mol. The van der Waals surface area contributed by atoms with E-state index in [1.807, 2.05) is 6.07 Å². The Labute approximate surface area is 182 Å². The second-order valence-electron chi connectivity index (χ2n) is 7.76. The quantitative estimate of drug-likeness (QED) is 0.544. The minimum Gasteiger partial charge on any atom is -0.322 e. The number of halogens is 4. The number of alkyl halides is 3. The summed E-state index contributed by atoms with van der Waals surface area (Å²) < 4.78 is 56.0. The van der Waals surface area contributed by atoms with E-state index in [2.05, 4.69) is 15.3 Å². The van der Waals surface area contributed by atoms with Gasteiger partial charge >= 0.3 is 6.18 Å². The van der Waals surface area contributed by atoms with Crippen LogP contribution in [0.5, 0.6) is 0 Å². The van der Waals surface area contributed by atoms with Crippen LogP contribution in [0.25, 0.3) is 5.69 Å². The molecule has 1 aliphatic rings. The highest BCUT2D eigenvalue weighted by Crippen LogP contribution is 2.34. The van der Waals surface area contributed by atoms with Crippen LogP contribution in [0.2, 0.25) is 0 Å². The number of hydrogen-bond donors (Lipinski definition) is 1. The van der Waals surface area contributed by atoms with Crippen molar-refractivity contribution in [3.05, 3.63) is 77.4 Å². The lowest BCUT2D eigenvalue weighted by atomic mass is 10.1. The van der Waals surface area contributed by atoms with Crippen LogP contribution in [0.15, 0.2) is 54.7 Å². The third kappa shape index (κ3) is 4.83. The van der Waals surface area contributed by atoms with Crippen LogP contribution < -0.4 is 5.32 Å². The number of benzene rings is 2. The van der Waals surface area contributed by atoms with E-state index in [9.17, 15) is 22.4 Å². The number of hydrogen-bond acceptors (Lipinski definition) is 3. The van der Waals surface area contributed by atoms with Crippen molar-refractivity contribution in [2.75, 3.05) is 18.4 Å². The number of nitrogens with zero attached hydrogens (tertiary/aromatic N) is 3. The highest BCUT2D eigenvalue weighted by atomic mass is 19.4. The van der Waals surface area contributed by atoms with E-state index in [-0.39, 0.29) is 5.69 Å². The summed E-state index contributed by atoms with van der Waals surface area (Å²) >= 11 is 0. The minimum absolute atomic E-state index is 0.385. The van der Waals surface area contributed by atoms with Gasteiger partial charge in [0.1, 0.15) is 11.5 Å². The van der Waals surface area contributed by atoms with Gasteiger partial charge in [-0.15, -0.1) is 0 Å². The van der Waals surface area contributed by atoms with E-state index in [0.29, 0.717) is 16.9 Å². The highest BCUT2D eigenvalue weighted by Gasteiger charge is 2.41. The Morgan fingerprint density at radius 1 is 1.03 bits per heavy atom. The summed E-state index contributed by atoms with van der Waals surface area (Å²) in [6.07, 6.45) is -0.607. The fraction of sp³-hybridized carbons (Fsp3) is 0.304. The number of amides is 1. The first-order chi connectivity index (χ1) is 15.3. The SMILES string of the molecule is O=C(Nc1cccc(CN2CCCCC2)c1)c1cnn(-c2ccccc2F)c1C(F)(F)F. The Bertz CT molecular complexity index is 1100. The van der Waals surface area contributed by atoms with Crippen molar-refractivity contribution in [3.63, 3.8) is 0 Å². The van der Waals surface area contributed by atoms with Gasteiger partial charge in [0.25, 0.3) is 5.91 Å². The molecule has 1 saturated heterocycles. The molecule has 2 aromatic carbocycles. The zero-order chi connectivity index (χ0) is 22.7. The van der Waals surface area contributed by atoms with Gasteiger partial charge in [0.05, 0.1) is 11.8 Å². The zero-order valence-electron chi connectivity index (χ0n) is 17.2. The number of para-hydroxylation sites is 1. The molecule has 0 saturated carbocycles. The summed E-state index contributed by atoms with van der Waals surface area (Å²) in [5.41, 5.74) is -1.05. The Hall–Kier alpha value is -3.20. The lowest BCUT2D eigenvalue weighted by Crippen LogP contribution is -2.29. The third-order valence-corrected chi connectivity index (χ3v) is 5.40. The van der Waals surface area contributed by atoms with E-state index >= 15 is 0 Å². The normalized spacial score (nSPS) is 15.0. The Morgan fingerprint density at radius 2 is 1.78 bits per heavy atom. The van der Waals surface area contributed by atoms with Crippen LogP contribution >= 0.6 is 0 Å². The summed E-state index contributed by atoms with van der Waals surface area (Å²) in [6.45, 7) is 2.71. The summed E-state index contributed by atoms with van der Waals surface area (Å²) in [6, 6.07) is 12.0. The van der Waals surface area contributed by atoms with E-state index in [4.69, 9.17) is 0 Å². The minimum atomic E-state index is -4.92. The first-order valence-corrected chi connectivity index (χ1v) is 10.4. The van der Waals surface area contributed by atoms with Crippen molar-refractivity contribution < 1.29 is 22.4 Å². The predicted octanol–water partition coefficient (Wildman–Crippen LogP) is 5.27. The van der Waals surface area contributed by atoms with Crippen LogP contribution in [0.4, 0.5) is 23.2 Å². The molecule has 1 aliphatic heterocycles. The lowest BCUT2D eigenvalue weighted by molar-refractivity contribution is -0.143. The van der Waals surface area contributed by atoms with Crippen LogP contribution in [0.1, 0.15) is 40.9 Å². The molecule has 2 heterocycles. The van der Waals surface area contributed by atoms with Crippen molar-refractivity contribution >= 4 is 11.6 Å². The molecule has 0 spiro atoms. The number of likely N-dealkylation sites (tertiary alicyclic amines) is 1. The Balaban J connectivity index is 1.59. The van der Waals surface area contributed by atoms with Gasteiger partial charge in [-0.1, -0.05) is 30.7 Å². The van der Waals surface area contributed by atoms with Crippen LogP contribution in [0.3, 0.4) is 0 Å². The van der Waals surface area contributed by atoms with Crippen LogP contribution in [0, 0.1) is 5.82 Å². The molecular weight excluding hydrogens is 424 g/mol. The second-order valence-corrected chi connectivity index (χ2v) is 7.76. The molecule has 0 aliphatic carbocycles. The third-order valence-electron chi connectivity index (χ3n) is 5.40. The maximum atomic E-state index is 14.1. The fourth-order valence-corrected chi connectivity index (χ4v) is 3.92.